The molecule has 0 fully saturated rings. The monoisotopic (exact) mass is 590 g/mol. The van der Waals surface area contributed by atoms with Crippen molar-refractivity contribution in [3.8, 4) is 56.2 Å². The van der Waals surface area contributed by atoms with E-state index in [-0.39, 0.29) is 5.41 Å². The molecule has 9 rings (SSSR count). The van der Waals surface area contributed by atoms with Crippen molar-refractivity contribution in [1.82, 2.24) is 9.97 Å². The van der Waals surface area contributed by atoms with Gasteiger partial charge in [-0.15, -0.1) is 0 Å². The van der Waals surface area contributed by atoms with Crippen LogP contribution in [-0.4, -0.2) is 9.97 Å². The Labute approximate surface area is 267 Å². The zero-order valence-corrected chi connectivity index (χ0v) is 25.7. The average Bonchev–Trinajstić information content (AvgIpc) is 3.61. The maximum Gasteiger partial charge on any atom is 0.160 e. The summed E-state index contributed by atoms with van der Waals surface area (Å²) >= 11 is 0. The normalized spacial score (nSPS) is 13.2. The fourth-order valence-electron chi connectivity index (χ4n) is 7.22. The molecule has 0 N–H and O–H groups in total. The van der Waals surface area contributed by atoms with Crippen LogP contribution in [0.2, 0.25) is 0 Å². The van der Waals surface area contributed by atoms with Gasteiger partial charge in [-0.3, -0.25) is 0 Å². The van der Waals surface area contributed by atoms with Crippen LogP contribution in [0.25, 0.3) is 78.1 Å². The molecule has 0 bridgehead atoms. The number of aromatic nitrogens is 2. The van der Waals surface area contributed by atoms with Gasteiger partial charge in [0.05, 0.1) is 11.4 Å². The maximum absolute atomic E-state index is 6.87. The minimum absolute atomic E-state index is 0.143. The molecule has 0 atom stereocenters. The highest BCUT2D eigenvalue weighted by atomic mass is 16.3. The second kappa shape index (κ2) is 10.1. The molecule has 2 aromatic heterocycles. The highest BCUT2D eigenvalue weighted by Gasteiger charge is 2.38. The van der Waals surface area contributed by atoms with Crippen molar-refractivity contribution in [3.63, 3.8) is 0 Å². The number of rotatable bonds is 4. The van der Waals surface area contributed by atoms with Gasteiger partial charge in [-0.1, -0.05) is 147 Å². The van der Waals surface area contributed by atoms with E-state index in [0.29, 0.717) is 5.82 Å². The lowest BCUT2D eigenvalue weighted by molar-refractivity contribution is 0.620. The highest BCUT2D eigenvalue weighted by Crippen LogP contribution is 2.53. The van der Waals surface area contributed by atoms with Gasteiger partial charge in [0.15, 0.2) is 5.82 Å². The Hall–Kier alpha value is -5.80. The summed E-state index contributed by atoms with van der Waals surface area (Å²) in [5, 5.41) is 2.30. The fourth-order valence-corrected chi connectivity index (χ4v) is 7.22. The molecule has 1 aliphatic carbocycles. The summed E-state index contributed by atoms with van der Waals surface area (Å²) in [7, 11) is 0. The van der Waals surface area contributed by atoms with Crippen LogP contribution < -0.4 is 0 Å². The smallest absolute Gasteiger partial charge is 0.160 e. The van der Waals surface area contributed by atoms with Gasteiger partial charge in [-0.2, -0.15) is 0 Å². The molecule has 1 aliphatic rings. The van der Waals surface area contributed by atoms with Crippen molar-refractivity contribution >= 4 is 21.9 Å². The second-order valence-corrected chi connectivity index (χ2v) is 12.6. The predicted octanol–water partition coefficient (Wildman–Crippen LogP) is 11.4. The van der Waals surface area contributed by atoms with Gasteiger partial charge < -0.3 is 4.42 Å². The first-order valence-corrected chi connectivity index (χ1v) is 15.8. The average molecular weight is 591 g/mol. The summed E-state index contributed by atoms with van der Waals surface area (Å²) in [5.41, 5.74) is 14.0. The topological polar surface area (TPSA) is 38.9 Å². The van der Waals surface area contributed by atoms with Crippen molar-refractivity contribution in [1.29, 1.82) is 0 Å². The third kappa shape index (κ3) is 4.05. The standard InChI is InChI=1S/C43H30N2O/c1-43(2)36-19-10-9-16-32(36)33-24-25-35-34-18-11-17-31(40(34)46-41(35)39(33)43)27-20-22-29(23-21-27)38-26-37(28-12-5-3-6-13-28)44-42(45-38)30-14-7-4-8-15-30/h3-26H,1-2H3. The van der Waals surface area contributed by atoms with E-state index in [0.717, 1.165) is 61.1 Å². The van der Waals surface area contributed by atoms with Crippen LogP contribution in [0.5, 0.6) is 0 Å². The van der Waals surface area contributed by atoms with Gasteiger partial charge in [0.1, 0.15) is 11.2 Å². The van der Waals surface area contributed by atoms with Gasteiger partial charge in [-0.05, 0) is 34.4 Å². The molecule has 218 valence electrons. The second-order valence-electron chi connectivity index (χ2n) is 12.6. The van der Waals surface area contributed by atoms with E-state index in [1.165, 1.54) is 22.3 Å². The molecule has 3 nitrogen and oxygen atoms in total. The van der Waals surface area contributed by atoms with Crippen molar-refractivity contribution < 1.29 is 4.42 Å². The van der Waals surface area contributed by atoms with Crippen LogP contribution >= 0.6 is 0 Å². The molecule has 46 heavy (non-hydrogen) atoms. The van der Waals surface area contributed by atoms with Gasteiger partial charge in [-0.25, -0.2) is 9.97 Å². The van der Waals surface area contributed by atoms with Crippen LogP contribution in [0.3, 0.4) is 0 Å². The van der Waals surface area contributed by atoms with Crippen molar-refractivity contribution in [2.45, 2.75) is 19.3 Å². The molecule has 2 heterocycles. The summed E-state index contributed by atoms with van der Waals surface area (Å²) in [4.78, 5) is 9.96. The third-order valence-corrected chi connectivity index (χ3v) is 9.50. The number of para-hydroxylation sites is 1. The Morgan fingerprint density at radius 3 is 1.78 bits per heavy atom. The lowest BCUT2D eigenvalue weighted by Gasteiger charge is -2.21. The molecular weight excluding hydrogens is 560 g/mol. The van der Waals surface area contributed by atoms with Gasteiger partial charge in [0.25, 0.3) is 0 Å². The molecule has 3 heteroatoms. The van der Waals surface area contributed by atoms with E-state index < -0.39 is 0 Å². The van der Waals surface area contributed by atoms with Gasteiger partial charge in [0.2, 0.25) is 0 Å². The van der Waals surface area contributed by atoms with Gasteiger partial charge in [0, 0.05) is 44.0 Å². The summed E-state index contributed by atoms with van der Waals surface area (Å²) < 4.78 is 6.87. The molecule has 0 amide bonds. The Balaban J connectivity index is 1.16. The molecule has 0 spiro atoms. The van der Waals surface area contributed by atoms with Crippen molar-refractivity contribution in [2.24, 2.45) is 0 Å². The number of hydrogen-bond donors (Lipinski definition) is 0. The van der Waals surface area contributed by atoms with Crippen LogP contribution in [0.15, 0.2) is 150 Å². The zero-order chi connectivity index (χ0) is 30.8. The third-order valence-electron chi connectivity index (χ3n) is 9.50. The Kier molecular flexibility index (Phi) is 5.85. The highest BCUT2D eigenvalue weighted by molar-refractivity contribution is 6.12. The summed E-state index contributed by atoms with van der Waals surface area (Å²) in [5.74, 6) is 0.714. The lowest BCUT2D eigenvalue weighted by Crippen LogP contribution is -2.15. The maximum atomic E-state index is 6.87. The Morgan fingerprint density at radius 1 is 0.457 bits per heavy atom. The number of furan rings is 1. The number of benzene rings is 6. The zero-order valence-electron chi connectivity index (χ0n) is 25.7. The Morgan fingerprint density at radius 2 is 1.04 bits per heavy atom. The van der Waals surface area contributed by atoms with E-state index in [1.54, 1.807) is 0 Å². The first-order valence-electron chi connectivity index (χ1n) is 15.8. The van der Waals surface area contributed by atoms with E-state index in [1.807, 2.05) is 36.4 Å². The fraction of sp³-hybridized carbons (Fsp3) is 0.0698. The molecule has 0 aliphatic heterocycles. The van der Waals surface area contributed by atoms with Crippen LogP contribution in [-0.2, 0) is 5.41 Å². The lowest BCUT2D eigenvalue weighted by atomic mass is 9.82. The first-order chi connectivity index (χ1) is 22.6. The molecule has 8 aromatic rings. The SMILES string of the molecule is CC1(C)c2ccccc2-c2ccc3c(oc4c(-c5ccc(-c6cc(-c7ccccc7)nc(-c7ccccc7)n6)cc5)cccc43)c21. The number of nitrogens with zero attached hydrogens (tertiary/aromatic N) is 2. The minimum atomic E-state index is -0.143. The summed E-state index contributed by atoms with van der Waals surface area (Å²) in [6.07, 6.45) is 0. The van der Waals surface area contributed by atoms with Crippen LogP contribution in [0, 0.1) is 0 Å². The van der Waals surface area contributed by atoms with Crippen LogP contribution in [0.1, 0.15) is 25.0 Å². The van der Waals surface area contributed by atoms with Crippen LogP contribution in [0.4, 0.5) is 0 Å². The van der Waals surface area contributed by atoms with Crippen molar-refractivity contribution in [2.75, 3.05) is 0 Å². The molecule has 0 unspecified atom stereocenters. The molecule has 0 saturated heterocycles. The van der Waals surface area contributed by atoms with E-state index in [4.69, 9.17) is 14.4 Å². The Bertz CT molecular complexity index is 2360. The largest absolute Gasteiger partial charge is 0.455 e. The quantitative estimate of drug-likeness (QED) is 0.205. The van der Waals surface area contributed by atoms with E-state index in [2.05, 4.69) is 123 Å². The number of fused-ring (bicyclic) bond motifs is 7. The molecule has 0 saturated carbocycles. The molecule has 6 aromatic carbocycles. The first kappa shape index (κ1) is 26.6. The molecule has 0 radical (unpaired) electrons. The molecular formula is C43H30N2O. The minimum Gasteiger partial charge on any atom is -0.455 e. The summed E-state index contributed by atoms with van der Waals surface area (Å²) in [6.45, 7) is 4.62. The van der Waals surface area contributed by atoms with Gasteiger partial charge >= 0.3 is 0 Å². The van der Waals surface area contributed by atoms with E-state index >= 15 is 0 Å². The predicted molar refractivity (Wildman–Crippen MR) is 189 cm³/mol. The number of hydrogen-bond acceptors (Lipinski definition) is 3. The van der Waals surface area contributed by atoms with Crippen molar-refractivity contribution in [3.05, 3.63) is 157 Å². The summed E-state index contributed by atoms with van der Waals surface area (Å²) in [6, 6.07) is 50.9. The van der Waals surface area contributed by atoms with E-state index in [9.17, 15) is 0 Å².